The van der Waals surface area contributed by atoms with E-state index in [1.807, 2.05) is 24.3 Å². The number of oxazole rings is 1. The fraction of sp³-hybridized carbons (Fsp3) is 0.318. The quantitative estimate of drug-likeness (QED) is 0.197. The molecule has 0 saturated carbocycles. The van der Waals surface area contributed by atoms with Crippen LogP contribution in [0.15, 0.2) is 52.9 Å². The van der Waals surface area contributed by atoms with Gasteiger partial charge >= 0.3 is 0 Å². The van der Waals surface area contributed by atoms with Gasteiger partial charge in [-0.05, 0) is 42.8 Å². The smallest absolute Gasteiger partial charge is 0.251 e. The number of nitrogens with one attached hydrogen (secondary N) is 2. The number of aromatic nitrogens is 1. The lowest BCUT2D eigenvalue weighted by Crippen LogP contribution is -2.41. The zero-order chi connectivity index (χ0) is 22.2. The number of amides is 2. The van der Waals surface area contributed by atoms with E-state index in [1.165, 1.54) is 7.11 Å². The van der Waals surface area contributed by atoms with Gasteiger partial charge in [0.05, 0.1) is 12.6 Å². The number of methoxy groups -OCH3 is 1. The lowest BCUT2D eigenvalue weighted by atomic mass is 10.0. The van der Waals surface area contributed by atoms with Crippen LogP contribution in [0.4, 0.5) is 0 Å². The fourth-order valence-corrected chi connectivity index (χ4v) is 3.11. The van der Waals surface area contributed by atoms with Crippen molar-refractivity contribution in [2.75, 3.05) is 20.5 Å². The number of carbonyl (C=O) groups is 2. The van der Waals surface area contributed by atoms with E-state index in [9.17, 15) is 9.59 Å². The average molecular weight is 427 g/mol. The van der Waals surface area contributed by atoms with Crippen molar-refractivity contribution in [1.82, 2.24) is 15.8 Å². The third-order valence-corrected chi connectivity index (χ3v) is 4.74. The van der Waals surface area contributed by atoms with Crippen LogP contribution in [0.1, 0.15) is 23.7 Å². The second kappa shape index (κ2) is 10.7. The van der Waals surface area contributed by atoms with Crippen LogP contribution in [0.3, 0.4) is 0 Å². The molecule has 1 aromatic heterocycles. The van der Waals surface area contributed by atoms with Crippen molar-refractivity contribution in [3.05, 3.63) is 54.1 Å². The molecule has 9 heteroatoms. The summed E-state index contributed by atoms with van der Waals surface area (Å²) < 4.78 is 16.0. The second-order valence-electron chi connectivity index (χ2n) is 7.12. The van der Waals surface area contributed by atoms with Crippen molar-refractivity contribution in [2.24, 2.45) is 5.92 Å². The molecule has 2 aromatic carbocycles. The van der Waals surface area contributed by atoms with E-state index in [1.54, 1.807) is 36.7 Å². The number of benzene rings is 2. The fourth-order valence-electron chi connectivity index (χ4n) is 3.11. The maximum Gasteiger partial charge on any atom is 0.251 e. The number of fused-ring (bicyclic) bond motifs is 1. The molecule has 3 rings (SSSR count). The molecule has 2 atom stereocenters. The number of hydroxylamine groups is 1. The molecule has 0 saturated heterocycles. The monoisotopic (exact) mass is 427 g/mol. The van der Waals surface area contributed by atoms with E-state index < -0.39 is 17.9 Å². The zero-order valence-corrected chi connectivity index (χ0v) is 17.3. The Morgan fingerprint density at radius 1 is 1.16 bits per heavy atom. The summed E-state index contributed by atoms with van der Waals surface area (Å²) in [5, 5.41) is 11.7. The van der Waals surface area contributed by atoms with Gasteiger partial charge in [0.25, 0.3) is 5.91 Å². The first-order valence-electron chi connectivity index (χ1n) is 9.79. The van der Waals surface area contributed by atoms with Crippen molar-refractivity contribution in [2.45, 2.75) is 19.4 Å². The van der Waals surface area contributed by atoms with E-state index in [2.05, 4.69) is 10.3 Å². The van der Waals surface area contributed by atoms with Gasteiger partial charge in [0.2, 0.25) is 11.8 Å². The van der Waals surface area contributed by atoms with Crippen LogP contribution in [-0.4, -0.2) is 48.6 Å². The third kappa shape index (κ3) is 5.88. The highest BCUT2D eigenvalue weighted by molar-refractivity contribution is 5.95. The predicted molar refractivity (Wildman–Crippen MR) is 112 cm³/mol. The normalized spacial score (nSPS) is 13.0. The van der Waals surface area contributed by atoms with Crippen LogP contribution in [0.5, 0.6) is 0 Å². The van der Waals surface area contributed by atoms with Crippen molar-refractivity contribution in [3.63, 3.8) is 0 Å². The van der Waals surface area contributed by atoms with Gasteiger partial charge in [-0.25, -0.2) is 10.5 Å². The first-order chi connectivity index (χ1) is 15.0. The van der Waals surface area contributed by atoms with Gasteiger partial charge in [-0.2, -0.15) is 0 Å². The van der Waals surface area contributed by atoms with Crippen molar-refractivity contribution < 1.29 is 28.7 Å². The van der Waals surface area contributed by atoms with E-state index in [0.29, 0.717) is 17.0 Å². The summed E-state index contributed by atoms with van der Waals surface area (Å²) in [5.41, 5.74) is 4.27. The van der Waals surface area contributed by atoms with Gasteiger partial charge in [0, 0.05) is 24.2 Å². The van der Waals surface area contributed by atoms with Crippen molar-refractivity contribution in [1.29, 1.82) is 0 Å². The number of hydrogen-bond donors (Lipinski definition) is 3. The van der Waals surface area contributed by atoms with Gasteiger partial charge in [0.15, 0.2) is 5.58 Å². The molecule has 0 bridgehead atoms. The summed E-state index contributed by atoms with van der Waals surface area (Å²) in [5.74, 6) is -0.897. The molecule has 0 aliphatic heterocycles. The van der Waals surface area contributed by atoms with Crippen LogP contribution < -0.4 is 10.8 Å². The second-order valence-corrected chi connectivity index (χ2v) is 7.12. The topological polar surface area (TPSA) is 123 Å². The largest absolute Gasteiger partial charge is 0.436 e. The average Bonchev–Trinajstić information content (AvgIpc) is 3.23. The number of rotatable bonds is 10. The molecule has 0 aliphatic rings. The summed E-state index contributed by atoms with van der Waals surface area (Å²) in [4.78, 5) is 28.8. The molecule has 0 aliphatic carbocycles. The van der Waals surface area contributed by atoms with Crippen LogP contribution >= 0.6 is 0 Å². The van der Waals surface area contributed by atoms with Crippen LogP contribution in [0.25, 0.3) is 22.6 Å². The number of ether oxygens (including phenoxy) is 2. The van der Waals surface area contributed by atoms with Gasteiger partial charge in [-0.1, -0.05) is 19.1 Å². The van der Waals surface area contributed by atoms with Gasteiger partial charge in [-0.3, -0.25) is 14.8 Å². The summed E-state index contributed by atoms with van der Waals surface area (Å²) in [7, 11) is 1.49. The molecule has 9 nitrogen and oxygen atoms in total. The van der Waals surface area contributed by atoms with Gasteiger partial charge in [0.1, 0.15) is 12.3 Å². The van der Waals surface area contributed by atoms with Crippen molar-refractivity contribution >= 4 is 22.9 Å². The maximum atomic E-state index is 12.7. The molecular weight excluding hydrogens is 402 g/mol. The van der Waals surface area contributed by atoms with Crippen LogP contribution in [0.2, 0.25) is 0 Å². The Balaban J connectivity index is 1.68. The lowest BCUT2D eigenvalue weighted by molar-refractivity contribution is -0.133. The van der Waals surface area contributed by atoms with E-state index in [-0.39, 0.29) is 25.7 Å². The number of carbonyl (C=O) groups excluding carboxylic acids is 2. The Hall–Kier alpha value is -3.27. The van der Waals surface area contributed by atoms with Gasteiger partial charge < -0.3 is 19.2 Å². The van der Waals surface area contributed by atoms with E-state index in [0.717, 1.165) is 11.1 Å². The molecule has 0 spiro atoms. The third-order valence-electron chi connectivity index (χ3n) is 4.74. The van der Waals surface area contributed by atoms with Crippen LogP contribution in [-0.2, 0) is 14.3 Å². The minimum absolute atomic E-state index is 0.0617. The molecule has 0 radical (unpaired) electrons. The minimum Gasteiger partial charge on any atom is -0.436 e. The minimum atomic E-state index is -0.534. The highest BCUT2D eigenvalue weighted by atomic mass is 16.7. The highest BCUT2D eigenvalue weighted by Crippen LogP contribution is 2.24. The van der Waals surface area contributed by atoms with E-state index in [4.69, 9.17) is 19.1 Å². The predicted octanol–water partition coefficient (Wildman–Crippen LogP) is 2.75. The van der Waals surface area contributed by atoms with Crippen molar-refractivity contribution in [3.8, 4) is 11.5 Å². The number of hydrogen-bond acceptors (Lipinski definition) is 7. The summed E-state index contributed by atoms with van der Waals surface area (Å²) in [6, 6.07) is 13.9. The lowest BCUT2D eigenvalue weighted by Gasteiger charge is -2.21. The first kappa shape index (κ1) is 22.4. The zero-order valence-electron chi connectivity index (χ0n) is 17.3. The molecule has 0 unspecified atom stereocenters. The SMILES string of the molecule is COCOC[C@H](C[C@H](C)C(=O)NO)NC(=O)c1ccc(-c2nc3ccccc3o2)cc1. The maximum absolute atomic E-state index is 12.7. The molecule has 3 N–H and O–H groups in total. The molecule has 3 aromatic rings. The van der Waals surface area contributed by atoms with Crippen LogP contribution in [0, 0.1) is 5.92 Å². The molecular formula is C22H25N3O6. The van der Waals surface area contributed by atoms with Gasteiger partial charge in [-0.15, -0.1) is 0 Å². The summed E-state index contributed by atoms with van der Waals surface area (Å²) in [6.45, 7) is 1.87. The van der Waals surface area contributed by atoms with E-state index >= 15 is 0 Å². The Kier molecular flexibility index (Phi) is 7.71. The summed E-state index contributed by atoms with van der Waals surface area (Å²) in [6.07, 6.45) is 0.281. The Bertz CT molecular complexity index is 985. The Labute approximate surface area is 179 Å². The standard InChI is InChI=1S/C22H25N3O6/c1-14(20(26)25-28)11-17(12-30-13-29-2)23-21(27)15-7-9-16(10-8-15)22-24-18-5-3-4-6-19(18)31-22/h3-10,14,17,28H,11-13H2,1-2H3,(H,23,27)(H,25,26)/t14-,17-/m0/s1. The molecule has 1 heterocycles. The Morgan fingerprint density at radius 2 is 1.90 bits per heavy atom. The number of para-hydroxylation sites is 2. The highest BCUT2D eigenvalue weighted by Gasteiger charge is 2.21. The number of nitrogens with zero attached hydrogens (tertiary/aromatic N) is 1. The molecule has 2 amide bonds. The summed E-state index contributed by atoms with van der Waals surface area (Å²) >= 11 is 0. The molecule has 164 valence electrons. The molecule has 31 heavy (non-hydrogen) atoms. The molecule has 0 fully saturated rings. The first-order valence-corrected chi connectivity index (χ1v) is 9.79. The Morgan fingerprint density at radius 3 is 2.58 bits per heavy atom.